The van der Waals surface area contributed by atoms with Crippen LogP contribution in [0.1, 0.15) is 25.7 Å². The Kier molecular flexibility index (Phi) is 11.5. The number of hydrogen-bond donors (Lipinski definition) is 2. The van der Waals surface area contributed by atoms with E-state index in [2.05, 4.69) is 12.0 Å². The Hall–Kier alpha value is 0.690. The van der Waals surface area contributed by atoms with E-state index >= 15 is 0 Å². The van der Waals surface area contributed by atoms with E-state index in [4.69, 9.17) is 11.5 Å². The number of halogens is 2. The second kappa shape index (κ2) is 9.69. The van der Waals surface area contributed by atoms with Crippen LogP contribution in [0, 0.1) is 0 Å². The Bertz CT molecular complexity index is 199. The molecule has 0 radical (unpaired) electrons. The van der Waals surface area contributed by atoms with Gasteiger partial charge in [0.2, 0.25) is 0 Å². The first kappa shape index (κ1) is 19.0. The molecule has 0 aliphatic carbocycles. The lowest BCUT2D eigenvalue weighted by atomic mass is 10.1. The molecule has 4 nitrogen and oxygen atoms in total. The van der Waals surface area contributed by atoms with E-state index in [1.165, 1.54) is 43.4 Å². The molecule has 1 saturated heterocycles. The van der Waals surface area contributed by atoms with Crippen LogP contribution in [0.25, 0.3) is 0 Å². The molecule has 98 valence electrons. The van der Waals surface area contributed by atoms with Gasteiger partial charge in [-0.05, 0) is 19.3 Å². The number of nitrogens with zero attached hydrogens (tertiary/aromatic N) is 2. The second-order valence-corrected chi connectivity index (χ2v) is 4.51. The van der Waals surface area contributed by atoms with Gasteiger partial charge in [0.1, 0.15) is 0 Å². The van der Waals surface area contributed by atoms with Crippen molar-refractivity contribution in [2.24, 2.45) is 16.5 Å². The molecule has 1 heterocycles. The number of quaternary nitrogens is 1. The molecule has 1 aliphatic heterocycles. The summed E-state index contributed by atoms with van der Waals surface area (Å²) in [5, 5.41) is 0. The van der Waals surface area contributed by atoms with Crippen molar-refractivity contribution in [3.05, 3.63) is 0 Å². The quantitative estimate of drug-likeness (QED) is 0.168. The Labute approximate surface area is 133 Å². The maximum Gasteiger partial charge on any atom is 0.185 e. The van der Waals surface area contributed by atoms with Crippen LogP contribution in [-0.4, -0.2) is 43.7 Å². The zero-order valence-electron chi connectivity index (χ0n) is 9.99. The first-order valence-corrected chi connectivity index (χ1v) is 5.51. The summed E-state index contributed by atoms with van der Waals surface area (Å²) in [5.41, 5.74) is 10.5. The third kappa shape index (κ3) is 7.88. The molecular formula is C10H24I2N4. The molecule has 1 rings (SSSR count). The zero-order chi connectivity index (χ0) is 10.4. The predicted molar refractivity (Wildman–Crippen MR) is 75.3 cm³/mol. The number of likely N-dealkylation sites (tertiary alicyclic amines) is 1. The van der Waals surface area contributed by atoms with Crippen molar-refractivity contribution in [3.8, 4) is 0 Å². The van der Waals surface area contributed by atoms with Gasteiger partial charge < -0.3 is 39.9 Å². The summed E-state index contributed by atoms with van der Waals surface area (Å²) in [7, 11) is 2.34. The van der Waals surface area contributed by atoms with Gasteiger partial charge in [0.25, 0.3) is 0 Å². The highest BCUT2D eigenvalue weighted by Crippen LogP contribution is 2.16. The molecule has 1 fully saturated rings. The SMILES string of the molecule is C[N+]1(CCCN=C(N)N)CCCCC1.I.[I-]. The van der Waals surface area contributed by atoms with Crippen LogP contribution in [0.2, 0.25) is 0 Å². The third-order valence-corrected chi connectivity index (χ3v) is 3.05. The minimum atomic E-state index is 0. The lowest BCUT2D eigenvalue weighted by Crippen LogP contribution is -3.00. The Balaban J connectivity index is 0. The molecule has 6 heteroatoms. The molecule has 0 aromatic carbocycles. The van der Waals surface area contributed by atoms with E-state index in [1.807, 2.05) is 0 Å². The highest BCUT2D eigenvalue weighted by Gasteiger charge is 2.23. The average Bonchev–Trinajstić information content (AvgIpc) is 2.14. The number of hydrogen-bond acceptors (Lipinski definition) is 1. The summed E-state index contributed by atoms with van der Waals surface area (Å²) < 4.78 is 1.21. The molecule has 16 heavy (non-hydrogen) atoms. The average molecular weight is 454 g/mol. The molecular weight excluding hydrogens is 430 g/mol. The van der Waals surface area contributed by atoms with E-state index in [-0.39, 0.29) is 53.9 Å². The lowest BCUT2D eigenvalue weighted by Gasteiger charge is -2.37. The highest BCUT2D eigenvalue weighted by molar-refractivity contribution is 14.0. The maximum absolute atomic E-state index is 5.27. The van der Waals surface area contributed by atoms with Gasteiger partial charge >= 0.3 is 0 Å². The Morgan fingerprint density at radius 1 is 1.19 bits per heavy atom. The zero-order valence-corrected chi connectivity index (χ0v) is 14.5. The van der Waals surface area contributed by atoms with Crippen molar-refractivity contribution in [1.82, 2.24) is 0 Å². The fourth-order valence-corrected chi connectivity index (χ4v) is 2.16. The summed E-state index contributed by atoms with van der Waals surface area (Å²) in [6.45, 7) is 4.62. The summed E-state index contributed by atoms with van der Waals surface area (Å²) in [6, 6.07) is 0. The first-order chi connectivity index (χ1) is 6.62. The number of guanidine groups is 1. The van der Waals surface area contributed by atoms with Crippen molar-refractivity contribution >= 4 is 29.9 Å². The van der Waals surface area contributed by atoms with Gasteiger partial charge in [-0.3, -0.25) is 4.99 Å². The highest BCUT2D eigenvalue weighted by atomic mass is 127. The number of piperidine rings is 1. The van der Waals surface area contributed by atoms with Crippen molar-refractivity contribution in [1.29, 1.82) is 0 Å². The van der Waals surface area contributed by atoms with Crippen molar-refractivity contribution in [2.75, 3.05) is 33.2 Å². The molecule has 4 N–H and O–H groups in total. The van der Waals surface area contributed by atoms with Crippen molar-refractivity contribution in [3.63, 3.8) is 0 Å². The fourth-order valence-electron chi connectivity index (χ4n) is 2.16. The minimum absolute atomic E-state index is 0. The maximum atomic E-state index is 5.27. The molecule has 0 aromatic heterocycles. The Morgan fingerprint density at radius 3 is 2.25 bits per heavy atom. The Morgan fingerprint density at radius 2 is 1.75 bits per heavy atom. The van der Waals surface area contributed by atoms with Crippen LogP contribution in [-0.2, 0) is 0 Å². The minimum Gasteiger partial charge on any atom is -1.00 e. The molecule has 0 bridgehead atoms. The van der Waals surface area contributed by atoms with E-state index in [9.17, 15) is 0 Å². The van der Waals surface area contributed by atoms with Gasteiger partial charge in [-0.15, -0.1) is 24.0 Å². The molecule has 0 atom stereocenters. The van der Waals surface area contributed by atoms with Crippen LogP contribution in [0.15, 0.2) is 4.99 Å². The van der Waals surface area contributed by atoms with Crippen LogP contribution in [0.4, 0.5) is 0 Å². The van der Waals surface area contributed by atoms with E-state index in [0.29, 0.717) is 0 Å². The smallest absolute Gasteiger partial charge is 0.185 e. The summed E-state index contributed by atoms with van der Waals surface area (Å²) in [4.78, 5) is 4.00. The van der Waals surface area contributed by atoms with Crippen molar-refractivity contribution < 1.29 is 28.5 Å². The normalized spacial score (nSPS) is 17.8. The number of aliphatic imine (C=N–C) groups is 1. The first-order valence-electron chi connectivity index (χ1n) is 5.51. The van der Waals surface area contributed by atoms with E-state index in [0.717, 1.165) is 13.0 Å². The topological polar surface area (TPSA) is 64.4 Å². The summed E-state index contributed by atoms with van der Waals surface area (Å²) in [6.07, 6.45) is 5.24. The van der Waals surface area contributed by atoms with Gasteiger partial charge in [0, 0.05) is 13.0 Å². The molecule has 1 aliphatic rings. The van der Waals surface area contributed by atoms with Crippen molar-refractivity contribution in [2.45, 2.75) is 25.7 Å². The van der Waals surface area contributed by atoms with Crippen LogP contribution < -0.4 is 35.4 Å². The molecule has 0 spiro atoms. The van der Waals surface area contributed by atoms with Crippen LogP contribution >= 0.6 is 24.0 Å². The molecule has 0 aromatic rings. The van der Waals surface area contributed by atoms with Gasteiger partial charge in [-0.25, -0.2) is 0 Å². The molecule has 0 saturated carbocycles. The number of nitrogens with two attached hydrogens (primary N) is 2. The number of rotatable bonds is 4. The van der Waals surface area contributed by atoms with Gasteiger partial charge in [-0.2, -0.15) is 0 Å². The van der Waals surface area contributed by atoms with E-state index < -0.39 is 0 Å². The lowest BCUT2D eigenvalue weighted by molar-refractivity contribution is -0.914. The standard InChI is InChI=1S/C10H23N4.2HI/c1-14(7-3-2-4-8-14)9-5-6-13-10(11)12;;/h2-9H2,1H3,(H4,11,12,13);2*1H/q+1;;/p-1. The monoisotopic (exact) mass is 454 g/mol. The van der Waals surface area contributed by atoms with E-state index in [1.54, 1.807) is 0 Å². The third-order valence-electron chi connectivity index (χ3n) is 3.05. The van der Waals surface area contributed by atoms with Gasteiger partial charge in [-0.1, -0.05) is 0 Å². The molecule has 0 amide bonds. The summed E-state index contributed by atoms with van der Waals surface area (Å²) >= 11 is 0. The fraction of sp³-hybridized carbons (Fsp3) is 0.900. The summed E-state index contributed by atoms with van der Waals surface area (Å²) in [5.74, 6) is 0.214. The van der Waals surface area contributed by atoms with Crippen LogP contribution in [0.5, 0.6) is 0 Å². The van der Waals surface area contributed by atoms with Gasteiger partial charge in [0.05, 0.1) is 26.7 Å². The largest absolute Gasteiger partial charge is 1.00 e. The second-order valence-electron chi connectivity index (χ2n) is 4.51. The molecule has 0 unspecified atom stereocenters. The van der Waals surface area contributed by atoms with Gasteiger partial charge in [0.15, 0.2) is 5.96 Å². The predicted octanol–water partition coefficient (Wildman–Crippen LogP) is -2.10. The van der Waals surface area contributed by atoms with Crippen LogP contribution in [0.3, 0.4) is 0 Å².